The maximum atomic E-state index is 12.6. The fourth-order valence-electron chi connectivity index (χ4n) is 3.36. The Morgan fingerprint density at radius 3 is 2.50 bits per heavy atom. The van der Waals surface area contributed by atoms with Crippen LogP contribution in [0.25, 0.3) is 0 Å². The van der Waals surface area contributed by atoms with Gasteiger partial charge in [0.2, 0.25) is 5.91 Å². The molecule has 5 nitrogen and oxygen atoms in total. The first-order valence-corrected chi connectivity index (χ1v) is 9.89. The zero-order valence-corrected chi connectivity index (χ0v) is 16.6. The second kappa shape index (κ2) is 9.40. The van der Waals surface area contributed by atoms with Crippen molar-refractivity contribution in [3.8, 4) is 5.75 Å². The summed E-state index contributed by atoms with van der Waals surface area (Å²) in [5.41, 5.74) is 1.63. The Morgan fingerprint density at radius 2 is 1.82 bits per heavy atom. The molecule has 1 atom stereocenters. The third-order valence-corrected chi connectivity index (χ3v) is 4.93. The van der Waals surface area contributed by atoms with E-state index in [4.69, 9.17) is 4.74 Å². The minimum absolute atomic E-state index is 0.00467. The van der Waals surface area contributed by atoms with Gasteiger partial charge in [0.1, 0.15) is 12.4 Å². The van der Waals surface area contributed by atoms with Gasteiger partial charge in [-0.1, -0.05) is 44.2 Å². The number of hydrogen-bond donors (Lipinski definition) is 1. The lowest BCUT2D eigenvalue weighted by molar-refractivity contribution is -0.135. The molecule has 1 aliphatic heterocycles. The summed E-state index contributed by atoms with van der Waals surface area (Å²) in [6.07, 6.45) is 1.82. The number of rotatable bonds is 6. The van der Waals surface area contributed by atoms with E-state index in [1.807, 2.05) is 73.3 Å². The largest absolute Gasteiger partial charge is 0.489 e. The van der Waals surface area contributed by atoms with E-state index in [1.165, 1.54) is 0 Å². The number of nitrogens with zero attached hydrogens (tertiary/aromatic N) is 1. The van der Waals surface area contributed by atoms with Crippen molar-refractivity contribution in [2.45, 2.75) is 39.3 Å². The van der Waals surface area contributed by atoms with Crippen LogP contribution in [0.1, 0.15) is 42.6 Å². The first kappa shape index (κ1) is 19.9. The Hall–Kier alpha value is -2.82. The molecule has 1 unspecified atom stereocenters. The minimum Gasteiger partial charge on any atom is -0.489 e. The Kier molecular flexibility index (Phi) is 6.69. The molecule has 0 aromatic heterocycles. The van der Waals surface area contributed by atoms with Gasteiger partial charge in [-0.05, 0) is 42.7 Å². The number of ether oxygens (including phenoxy) is 1. The van der Waals surface area contributed by atoms with Crippen LogP contribution in [-0.2, 0) is 11.4 Å². The zero-order valence-electron chi connectivity index (χ0n) is 16.6. The SMILES string of the molecule is CC(C)C(=O)N1CCCC(NC(=O)c2ccc(COc3ccccc3)cc2)C1. The summed E-state index contributed by atoms with van der Waals surface area (Å²) in [6, 6.07) is 17.1. The first-order valence-electron chi connectivity index (χ1n) is 9.89. The van der Waals surface area contributed by atoms with E-state index in [0.717, 1.165) is 30.7 Å². The van der Waals surface area contributed by atoms with Crippen LogP contribution in [0.2, 0.25) is 0 Å². The quantitative estimate of drug-likeness (QED) is 0.832. The van der Waals surface area contributed by atoms with Crippen molar-refractivity contribution in [2.75, 3.05) is 13.1 Å². The van der Waals surface area contributed by atoms with E-state index in [2.05, 4.69) is 5.32 Å². The summed E-state index contributed by atoms with van der Waals surface area (Å²) < 4.78 is 5.73. The van der Waals surface area contributed by atoms with Crippen LogP contribution in [0.3, 0.4) is 0 Å². The van der Waals surface area contributed by atoms with Crippen molar-refractivity contribution in [2.24, 2.45) is 5.92 Å². The number of hydrogen-bond acceptors (Lipinski definition) is 3. The van der Waals surface area contributed by atoms with Crippen LogP contribution in [0.4, 0.5) is 0 Å². The molecule has 1 saturated heterocycles. The molecule has 0 spiro atoms. The van der Waals surface area contributed by atoms with Crippen molar-refractivity contribution in [3.63, 3.8) is 0 Å². The van der Waals surface area contributed by atoms with Gasteiger partial charge in [0.25, 0.3) is 5.91 Å². The smallest absolute Gasteiger partial charge is 0.251 e. The van der Waals surface area contributed by atoms with Crippen molar-refractivity contribution in [1.29, 1.82) is 0 Å². The van der Waals surface area contributed by atoms with E-state index in [-0.39, 0.29) is 23.8 Å². The highest BCUT2D eigenvalue weighted by atomic mass is 16.5. The number of para-hydroxylation sites is 1. The Morgan fingerprint density at radius 1 is 1.11 bits per heavy atom. The molecule has 2 aromatic carbocycles. The molecule has 1 fully saturated rings. The second-order valence-corrected chi connectivity index (χ2v) is 7.55. The number of carbonyl (C=O) groups excluding carboxylic acids is 2. The molecule has 0 bridgehead atoms. The van der Waals surface area contributed by atoms with E-state index in [0.29, 0.717) is 18.7 Å². The highest BCUT2D eigenvalue weighted by Crippen LogP contribution is 2.15. The van der Waals surface area contributed by atoms with Gasteiger partial charge in [-0.2, -0.15) is 0 Å². The predicted molar refractivity (Wildman–Crippen MR) is 109 cm³/mol. The molecule has 0 radical (unpaired) electrons. The topological polar surface area (TPSA) is 58.6 Å². The van der Waals surface area contributed by atoms with Crippen molar-refractivity contribution >= 4 is 11.8 Å². The van der Waals surface area contributed by atoms with Gasteiger partial charge in [0.05, 0.1) is 0 Å². The molecule has 1 heterocycles. The van der Waals surface area contributed by atoms with E-state index >= 15 is 0 Å². The summed E-state index contributed by atoms with van der Waals surface area (Å²) in [4.78, 5) is 26.6. The first-order chi connectivity index (χ1) is 13.5. The average Bonchev–Trinajstić information content (AvgIpc) is 2.73. The van der Waals surface area contributed by atoms with Crippen LogP contribution in [0.15, 0.2) is 54.6 Å². The van der Waals surface area contributed by atoms with Gasteiger partial charge in [-0.15, -0.1) is 0 Å². The lowest BCUT2D eigenvalue weighted by atomic mass is 10.0. The summed E-state index contributed by atoms with van der Waals surface area (Å²) in [7, 11) is 0. The third-order valence-electron chi connectivity index (χ3n) is 4.93. The van der Waals surface area contributed by atoms with Crippen molar-refractivity contribution < 1.29 is 14.3 Å². The molecule has 2 amide bonds. The average molecular weight is 380 g/mol. The van der Waals surface area contributed by atoms with Crippen LogP contribution < -0.4 is 10.1 Å². The van der Waals surface area contributed by atoms with Gasteiger partial charge >= 0.3 is 0 Å². The molecule has 2 aromatic rings. The third kappa shape index (κ3) is 5.35. The molecule has 148 valence electrons. The van der Waals surface area contributed by atoms with Gasteiger partial charge in [-0.3, -0.25) is 9.59 Å². The van der Waals surface area contributed by atoms with Crippen molar-refractivity contribution in [1.82, 2.24) is 10.2 Å². The number of piperidine rings is 1. The lowest BCUT2D eigenvalue weighted by Gasteiger charge is -2.34. The van der Waals surface area contributed by atoms with Gasteiger partial charge in [0, 0.05) is 30.6 Å². The monoisotopic (exact) mass is 380 g/mol. The standard InChI is InChI=1S/C23H28N2O3/c1-17(2)23(27)25-14-6-7-20(15-25)24-22(26)19-12-10-18(11-13-19)16-28-21-8-4-3-5-9-21/h3-5,8-13,17,20H,6-7,14-16H2,1-2H3,(H,24,26). The fraction of sp³-hybridized carbons (Fsp3) is 0.391. The highest BCUT2D eigenvalue weighted by Gasteiger charge is 2.26. The number of likely N-dealkylation sites (tertiary alicyclic amines) is 1. The van der Waals surface area contributed by atoms with Gasteiger partial charge in [-0.25, -0.2) is 0 Å². The number of carbonyl (C=O) groups is 2. The molecule has 0 saturated carbocycles. The van der Waals surface area contributed by atoms with Crippen LogP contribution in [0.5, 0.6) is 5.75 Å². The molecule has 5 heteroatoms. The number of benzene rings is 2. The molecule has 28 heavy (non-hydrogen) atoms. The Balaban J connectivity index is 1.52. The molecule has 1 aliphatic rings. The van der Waals surface area contributed by atoms with E-state index < -0.39 is 0 Å². The van der Waals surface area contributed by atoms with Crippen LogP contribution >= 0.6 is 0 Å². The highest BCUT2D eigenvalue weighted by molar-refractivity contribution is 5.94. The molecular formula is C23H28N2O3. The summed E-state index contributed by atoms with van der Waals surface area (Å²) in [6.45, 7) is 5.65. The minimum atomic E-state index is -0.0978. The fourth-order valence-corrected chi connectivity index (χ4v) is 3.36. The van der Waals surface area contributed by atoms with Gasteiger partial charge < -0.3 is 15.0 Å². The molecule has 0 aliphatic carbocycles. The predicted octanol–water partition coefficient (Wildman–Crippen LogP) is 3.64. The normalized spacial score (nSPS) is 16.7. The lowest BCUT2D eigenvalue weighted by Crippen LogP contribution is -2.50. The Bertz CT molecular complexity index is 787. The Labute approximate surface area is 166 Å². The van der Waals surface area contributed by atoms with Crippen molar-refractivity contribution in [3.05, 3.63) is 65.7 Å². The summed E-state index contributed by atoms with van der Waals surface area (Å²) in [5, 5.41) is 3.07. The molecular weight excluding hydrogens is 352 g/mol. The van der Waals surface area contributed by atoms with Crippen LogP contribution in [-0.4, -0.2) is 35.8 Å². The maximum Gasteiger partial charge on any atom is 0.251 e. The number of amides is 2. The maximum absolute atomic E-state index is 12.6. The zero-order chi connectivity index (χ0) is 19.9. The van der Waals surface area contributed by atoms with Crippen LogP contribution in [0, 0.1) is 5.92 Å². The van der Waals surface area contributed by atoms with Gasteiger partial charge in [0.15, 0.2) is 0 Å². The number of nitrogens with one attached hydrogen (secondary N) is 1. The summed E-state index contributed by atoms with van der Waals surface area (Å²) in [5.74, 6) is 0.864. The second-order valence-electron chi connectivity index (χ2n) is 7.55. The van der Waals surface area contributed by atoms with E-state index in [1.54, 1.807) is 0 Å². The molecule has 1 N–H and O–H groups in total. The van der Waals surface area contributed by atoms with E-state index in [9.17, 15) is 9.59 Å². The summed E-state index contributed by atoms with van der Waals surface area (Å²) >= 11 is 0. The molecule has 3 rings (SSSR count).